The predicted octanol–water partition coefficient (Wildman–Crippen LogP) is 5.11. The molecule has 25 heavy (non-hydrogen) atoms. The van der Waals surface area contributed by atoms with Gasteiger partial charge in [0.1, 0.15) is 5.58 Å². The molecule has 0 saturated heterocycles. The first-order chi connectivity index (χ1) is 12.2. The highest BCUT2D eigenvalue weighted by Gasteiger charge is 2.13. The molecule has 1 N–H and O–H groups in total. The van der Waals surface area contributed by atoms with Gasteiger partial charge in [0.25, 0.3) is 0 Å². The van der Waals surface area contributed by atoms with E-state index < -0.39 is 0 Å². The molecule has 0 fully saturated rings. The van der Waals surface area contributed by atoms with E-state index in [1.165, 1.54) is 0 Å². The lowest BCUT2D eigenvalue weighted by Gasteiger charge is -1.96. The fraction of sp³-hybridized carbons (Fsp3) is 0. The highest BCUT2D eigenvalue weighted by Crippen LogP contribution is 2.28. The van der Waals surface area contributed by atoms with E-state index >= 15 is 0 Å². The summed E-state index contributed by atoms with van der Waals surface area (Å²) in [5, 5.41) is 7.06. The number of halogens is 1. The molecule has 0 spiro atoms. The second-order valence-electron chi connectivity index (χ2n) is 5.56. The van der Waals surface area contributed by atoms with E-state index in [2.05, 4.69) is 26.5 Å². The van der Waals surface area contributed by atoms with Crippen LogP contribution >= 0.6 is 15.9 Å². The molecular formula is C20H13BrN2O2. The number of nitrogens with zero attached hydrogens (tertiary/aromatic N) is 1. The Morgan fingerprint density at radius 2 is 1.80 bits per heavy atom. The highest BCUT2D eigenvalue weighted by atomic mass is 79.9. The largest absolute Gasteiger partial charge is 0.451 e. The molecule has 0 atom stereocenters. The van der Waals surface area contributed by atoms with Gasteiger partial charge >= 0.3 is 5.91 Å². The maximum atomic E-state index is 12.3. The van der Waals surface area contributed by atoms with Crippen molar-refractivity contribution in [1.82, 2.24) is 5.43 Å². The minimum Gasteiger partial charge on any atom is -0.451 e. The summed E-state index contributed by atoms with van der Waals surface area (Å²) in [5.41, 5.74) is 4.07. The number of carbonyl (C=O) groups excluding carboxylic acids is 1. The maximum Gasteiger partial charge on any atom is 0.307 e. The van der Waals surface area contributed by atoms with Gasteiger partial charge in [0.05, 0.1) is 6.21 Å². The molecule has 0 aliphatic rings. The summed E-state index contributed by atoms with van der Waals surface area (Å²) in [6.07, 6.45) is 1.59. The van der Waals surface area contributed by atoms with Gasteiger partial charge in [-0.05, 0) is 40.6 Å². The first-order valence-electron chi connectivity index (χ1n) is 7.71. The van der Waals surface area contributed by atoms with Crippen LogP contribution in [0.25, 0.3) is 21.7 Å². The van der Waals surface area contributed by atoms with Crippen LogP contribution in [0.15, 0.2) is 80.7 Å². The fourth-order valence-corrected chi connectivity index (χ4v) is 2.94. The van der Waals surface area contributed by atoms with Crippen LogP contribution in [0.1, 0.15) is 16.1 Å². The smallest absolute Gasteiger partial charge is 0.307 e. The molecule has 0 saturated carbocycles. The van der Waals surface area contributed by atoms with Gasteiger partial charge in [0.2, 0.25) is 0 Å². The Hall–Kier alpha value is -2.92. The number of carbonyl (C=O) groups is 1. The van der Waals surface area contributed by atoms with Crippen molar-refractivity contribution < 1.29 is 9.21 Å². The van der Waals surface area contributed by atoms with Crippen molar-refractivity contribution in [2.24, 2.45) is 5.10 Å². The fourth-order valence-electron chi connectivity index (χ4n) is 2.67. The summed E-state index contributed by atoms with van der Waals surface area (Å²) in [7, 11) is 0. The van der Waals surface area contributed by atoms with E-state index in [1.807, 2.05) is 60.7 Å². The summed E-state index contributed by atoms with van der Waals surface area (Å²) in [4.78, 5) is 12.3. The van der Waals surface area contributed by atoms with E-state index in [9.17, 15) is 4.79 Å². The van der Waals surface area contributed by atoms with Crippen LogP contribution in [0, 0.1) is 0 Å². The average Bonchev–Trinajstić information content (AvgIpc) is 3.08. The Labute approximate surface area is 152 Å². The Morgan fingerprint density at radius 3 is 2.64 bits per heavy atom. The third kappa shape index (κ3) is 3.19. The number of rotatable bonds is 3. The quantitative estimate of drug-likeness (QED) is 0.388. The summed E-state index contributed by atoms with van der Waals surface area (Å²) in [6, 6.07) is 21.2. The number of furan rings is 1. The SMILES string of the molecule is O=C(N/N=C\c1ccc(Br)cc1)c1cc2c(ccc3ccccc32)o1. The lowest BCUT2D eigenvalue weighted by atomic mass is 10.1. The van der Waals surface area contributed by atoms with Crippen molar-refractivity contribution in [2.45, 2.75) is 0 Å². The van der Waals surface area contributed by atoms with E-state index in [-0.39, 0.29) is 11.7 Å². The number of hydrogen-bond donors (Lipinski definition) is 1. The molecule has 0 aliphatic heterocycles. The molecule has 4 rings (SSSR count). The van der Waals surface area contributed by atoms with Gasteiger partial charge in [0, 0.05) is 9.86 Å². The van der Waals surface area contributed by atoms with E-state index in [0.717, 1.165) is 26.2 Å². The van der Waals surface area contributed by atoms with Crippen LogP contribution in [-0.2, 0) is 0 Å². The lowest BCUT2D eigenvalue weighted by molar-refractivity contribution is 0.0929. The second kappa shape index (κ2) is 6.53. The molecule has 1 aromatic heterocycles. The molecule has 4 aromatic rings. The van der Waals surface area contributed by atoms with Gasteiger partial charge in [-0.25, -0.2) is 5.43 Å². The van der Waals surface area contributed by atoms with Crippen molar-refractivity contribution in [3.8, 4) is 0 Å². The van der Waals surface area contributed by atoms with Gasteiger partial charge < -0.3 is 4.42 Å². The van der Waals surface area contributed by atoms with Crippen molar-refractivity contribution in [3.63, 3.8) is 0 Å². The number of hydrogen-bond acceptors (Lipinski definition) is 3. The zero-order valence-electron chi connectivity index (χ0n) is 13.1. The molecule has 0 bridgehead atoms. The molecule has 122 valence electrons. The van der Waals surface area contributed by atoms with Gasteiger partial charge in [-0.15, -0.1) is 0 Å². The molecule has 0 aliphatic carbocycles. The summed E-state index contributed by atoms with van der Waals surface area (Å²) >= 11 is 3.37. The van der Waals surface area contributed by atoms with Gasteiger partial charge in [0.15, 0.2) is 5.76 Å². The third-order valence-electron chi connectivity index (χ3n) is 3.90. The zero-order chi connectivity index (χ0) is 17.2. The third-order valence-corrected chi connectivity index (χ3v) is 4.43. The van der Waals surface area contributed by atoms with Crippen LogP contribution in [0.3, 0.4) is 0 Å². The highest BCUT2D eigenvalue weighted by molar-refractivity contribution is 9.10. The number of nitrogens with one attached hydrogen (secondary N) is 1. The Bertz CT molecular complexity index is 1100. The van der Waals surface area contributed by atoms with Crippen molar-refractivity contribution in [1.29, 1.82) is 0 Å². The van der Waals surface area contributed by atoms with E-state index in [0.29, 0.717) is 5.58 Å². The molecule has 3 aromatic carbocycles. The Kier molecular flexibility index (Phi) is 4.07. The van der Waals surface area contributed by atoms with E-state index in [1.54, 1.807) is 12.3 Å². The lowest BCUT2D eigenvalue weighted by Crippen LogP contribution is -2.16. The summed E-state index contributed by atoms with van der Waals surface area (Å²) in [6.45, 7) is 0. The molecular weight excluding hydrogens is 380 g/mol. The molecule has 5 heteroatoms. The van der Waals surface area contributed by atoms with Gasteiger partial charge in [-0.2, -0.15) is 5.10 Å². The van der Waals surface area contributed by atoms with Crippen LogP contribution < -0.4 is 5.43 Å². The normalized spacial score (nSPS) is 11.4. The topological polar surface area (TPSA) is 54.6 Å². The first-order valence-corrected chi connectivity index (χ1v) is 8.50. The number of benzene rings is 3. The molecule has 0 unspecified atom stereocenters. The standard InChI is InChI=1S/C20H13BrN2O2/c21-15-8-5-13(6-9-15)12-22-23-20(24)19-11-17-16-4-2-1-3-14(16)7-10-18(17)25-19/h1-12H,(H,23,24)/b22-12-. The Balaban J connectivity index is 1.57. The first kappa shape index (κ1) is 15.6. The number of fused-ring (bicyclic) bond motifs is 3. The van der Waals surface area contributed by atoms with Gasteiger partial charge in [-0.1, -0.05) is 58.4 Å². The maximum absolute atomic E-state index is 12.3. The van der Waals surface area contributed by atoms with Gasteiger partial charge in [-0.3, -0.25) is 4.79 Å². The minimum atomic E-state index is -0.381. The zero-order valence-corrected chi connectivity index (χ0v) is 14.7. The minimum absolute atomic E-state index is 0.235. The van der Waals surface area contributed by atoms with Crippen LogP contribution in [-0.4, -0.2) is 12.1 Å². The predicted molar refractivity (Wildman–Crippen MR) is 103 cm³/mol. The number of hydrazone groups is 1. The molecule has 0 radical (unpaired) electrons. The Morgan fingerprint density at radius 1 is 1.00 bits per heavy atom. The molecule has 4 nitrogen and oxygen atoms in total. The van der Waals surface area contributed by atoms with Crippen LogP contribution in [0.2, 0.25) is 0 Å². The monoisotopic (exact) mass is 392 g/mol. The van der Waals surface area contributed by atoms with Crippen LogP contribution in [0.4, 0.5) is 0 Å². The summed E-state index contributed by atoms with van der Waals surface area (Å²) < 4.78 is 6.65. The van der Waals surface area contributed by atoms with Crippen molar-refractivity contribution >= 4 is 49.8 Å². The average molecular weight is 393 g/mol. The van der Waals surface area contributed by atoms with Crippen molar-refractivity contribution in [2.75, 3.05) is 0 Å². The van der Waals surface area contributed by atoms with Crippen LogP contribution in [0.5, 0.6) is 0 Å². The second-order valence-corrected chi connectivity index (χ2v) is 6.48. The van der Waals surface area contributed by atoms with Crippen molar-refractivity contribution in [3.05, 3.63) is 82.5 Å². The number of amides is 1. The molecule has 1 heterocycles. The summed E-state index contributed by atoms with van der Waals surface area (Å²) in [5.74, 6) is -0.145. The van der Waals surface area contributed by atoms with E-state index in [4.69, 9.17) is 4.42 Å². The molecule has 1 amide bonds.